The van der Waals surface area contributed by atoms with E-state index in [0.717, 1.165) is 10.6 Å². The van der Waals surface area contributed by atoms with Crippen molar-refractivity contribution < 1.29 is 4.79 Å². The number of carbonyl (C=O) groups excluding carboxylic acids is 1. The fourth-order valence-electron chi connectivity index (χ4n) is 1.38. The van der Waals surface area contributed by atoms with Crippen molar-refractivity contribution in [3.8, 4) is 0 Å². The van der Waals surface area contributed by atoms with Crippen LogP contribution in [0.2, 0.25) is 0 Å². The fourth-order valence-corrected chi connectivity index (χ4v) is 1.94. The average molecular weight is 238 g/mol. The van der Waals surface area contributed by atoms with E-state index in [4.69, 9.17) is 5.73 Å². The molecule has 1 amide bonds. The SMILES string of the molecule is CSc1ccccc1NC(=O)C(C)CCN. The van der Waals surface area contributed by atoms with Gasteiger partial charge >= 0.3 is 0 Å². The van der Waals surface area contributed by atoms with Crippen molar-refractivity contribution in [2.24, 2.45) is 11.7 Å². The Hall–Kier alpha value is -1.00. The number of benzene rings is 1. The molecule has 1 rings (SSSR count). The highest BCUT2D eigenvalue weighted by Gasteiger charge is 2.13. The van der Waals surface area contributed by atoms with Crippen LogP contribution in [-0.2, 0) is 4.79 Å². The molecule has 0 heterocycles. The summed E-state index contributed by atoms with van der Waals surface area (Å²) in [5.74, 6) is -0.00753. The predicted octanol–water partition coefficient (Wildman–Crippen LogP) is 2.33. The lowest BCUT2D eigenvalue weighted by molar-refractivity contribution is -0.119. The van der Waals surface area contributed by atoms with Crippen molar-refractivity contribution in [3.63, 3.8) is 0 Å². The van der Waals surface area contributed by atoms with Gasteiger partial charge in [-0.3, -0.25) is 4.79 Å². The number of thioether (sulfide) groups is 1. The van der Waals surface area contributed by atoms with Crippen LogP contribution >= 0.6 is 11.8 Å². The second kappa shape index (κ2) is 6.55. The molecule has 3 nitrogen and oxygen atoms in total. The van der Waals surface area contributed by atoms with Gasteiger partial charge in [-0.15, -0.1) is 11.8 Å². The molecule has 0 bridgehead atoms. The van der Waals surface area contributed by atoms with Crippen LogP contribution in [0.3, 0.4) is 0 Å². The van der Waals surface area contributed by atoms with Gasteiger partial charge < -0.3 is 11.1 Å². The van der Waals surface area contributed by atoms with Crippen LogP contribution in [0, 0.1) is 5.92 Å². The van der Waals surface area contributed by atoms with Crippen molar-refractivity contribution in [2.45, 2.75) is 18.2 Å². The first-order valence-corrected chi connectivity index (χ1v) is 6.55. The smallest absolute Gasteiger partial charge is 0.227 e. The minimum Gasteiger partial charge on any atom is -0.330 e. The van der Waals surface area contributed by atoms with Gasteiger partial charge in [0.05, 0.1) is 5.69 Å². The molecule has 4 heteroatoms. The van der Waals surface area contributed by atoms with Crippen molar-refractivity contribution in [1.29, 1.82) is 0 Å². The first kappa shape index (κ1) is 13.1. The quantitative estimate of drug-likeness (QED) is 0.774. The molecule has 88 valence electrons. The van der Waals surface area contributed by atoms with Crippen molar-refractivity contribution in [2.75, 3.05) is 18.1 Å². The number of carbonyl (C=O) groups is 1. The van der Waals surface area contributed by atoms with Gasteiger partial charge in [-0.05, 0) is 31.4 Å². The maximum Gasteiger partial charge on any atom is 0.227 e. The summed E-state index contributed by atoms with van der Waals surface area (Å²) in [6.45, 7) is 2.43. The number of rotatable bonds is 5. The van der Waals surface area contributed by atoms with E-state index in [2.05, 4.69) is 5.32 Å². The Labute approximate surface area is 101 Å². The van der Waals surface area contributed by atoms with E-state index in [9.17, 15) is 4.79 Å². The molecule has 1 aromatic carbocycles. The number of para-hydroxylation sites is 1. The predicted molar refractivity (Wildman–Crippen MR) is 69.7 cm³/mol. The number of nitrogens with two attached hydrogens (primary N) is 1. The lowest BCUT2D eigenvalue weighted by atomic mass is 10.1. The first-order chi connectivity index (χ1) is 7.69. The molecule has 1 aromatic rings. The van der Waals surface area contributed by atoms with Gasteiger partial charge in [0.15, 0.2) is 0 Å². The van der Waals surface area contributed by atoms with Gasteiger partial charge in [0.1, 0.15) is 0 Å². The van der Waals surface area contributed by atoms with Crippen LogP contribution < -0.4 is 11.1 Å². The van der Waals surface area contributed by atoms with Crippen molar-refractivity contribution in [1.82, 2.24) is 0 Å². The zero-order chi connectivity index (χ0) is 12.0. The number of anilines is 1. The summed E-state index contributed by atoms with van der Waals surface area (Å²) >= 11 is 1.62. The Balaban J connectivity index is 2.69. The minimum absolute atomic E-state index is 0.0342. The molecule has 0 radical (unpaired) electrons. The lowest BCUT2D eigenvalue weighted by Crippen LogP contribution is -2.22. The Morgan fingerprint density at radius 2 is 2.19 bits per heavy atom. The third kappa shape index (κ3) is 3.54. The first-order valence-electron chi connectivity index (χ1n) is 5.33. The van der Waals surface area contributed by atoms with Crippen LogP contribution in [0.4, 0.5) is 5.69 Å². The zero-order valence-corrected chi connectivity index (χ0v) is 10.5. The van der Waals surface area contributed by atoms with Crippen LogP contribution in [0.5, 0.6) is 0 Å². The van der Waals surface area contributed by atoms with E-state index in [0.29, 0.717) is 13.0 Å². The van der Waals surface area contributed by atoms with E-state index in [1.807, 2.05) is 37.4 Å². The Kier molecular flexibility index (Phi) is 5.35. The summed E-state index contributed by atoms with van der Waals surface area (Å²) in [6, 6.07) is 7.79. The molecule has 1 atom stereocenters. The summed E-state index contributed by atoms with van der Waals surface area (Å²) < 4.78 is 0. The molecule has 0 aliphatic carbocycles. The highest BCUT2D eigenvalue weighted by molar-refractivity contribution is 7.98. The molecule has 1 unspecified atom stereocenters. The molecule has 0 aliphatic heterocycles. The van der Waals surface area contributed by atoms with E-state index >= 15 is 0 Å². The summed E-state index contributed by atoms with van der Waals surface area (Å²) in [4.78, 5) is 12.9. The van der Waals surface area contributed by atoms with E-state index < -0.39 is 0 Å². The second-order valence-electron chi connectivity index (χ2n) is 3.67. The van der Waals surface area contributed by atoms with Crippen molar-refractivity contribution >= 4 is 23.4 Å². The van der Waals surface area contributed by atoms with Gasteiger partial charge in [0.25, 0.3) is 0 Å². The van der Waals surface area contributed by atoms with Crippen LogP contribution in [-0.4, -0.2) is 18.7 Å². The molecular formula is C12H18N2OS. The Morgan fingerprint density at radius 1 is 1.50 bits per heavy atom. The summed E-state index contributed by atoms with van der Waals surface area (Å²) in [5, 5.41) is 2.93. The molecule has 0 saturated heterocycles. The maximum atomic E-state index is 11.8. The fraction of sp³-hybridized carbons (Fsp3) is 0.417. The monoisotopic (exact) mass is 238 g/mol. The van der Waals surface area contributed by atoms with E-state index in [1.165, 1.54) is 0 Å². The second-order valence-corrected chi connectivity index (χ2v) is 4.52. The molecule has 0 fully saturated rings. The normalized spacial score (nSPS) is 12.2. The van der Waals surface area contributed by atoms with Crippen LogP contribution in [0.1, 0.15) is 13.3 Å². The molecule has 0 aliphatic rings. The lowest BCUT2D eigenvalue weighted by Gasteiger charge is -2.13. The van der Waals surface area contributed by atoms with Crippen molar-refractivity contribution in [3.05, 3.63) is 24.3 Å². The summed E-state index contributed by atoms with van der Waals surface area (Å²) in [6.07, 6.45) is 2.71. The molecular weight excluding hydrogens is 220 g/mol. The molecule has 0 aromatic heterocycles. The number of amides is 1. The summed E-state index contributed by atoms with van der Waals surface area (Å²) in [5.41, 5.74) is 6.31. The Bertz CT molecular complexity index is 355. The molecule has 3 N–H and O–H groups in total. The van der Waals surface area contributed by atoms with Gasteiger partial charge in [0, 0.05) is 10.8 Å². The van der Waals surface area contributed by atoms with Crippen LogP contribution in [0.15, 0.2) is 29.2 Å². The molecule has 0 saturated carbocycles. The van der Waals surface area contributed by atoms with Gasteiger partial charge in [-0.25, -0.2) is 0 Å². The van der Waals surface area contributed by atoms with Crippen LogP contribution in [0.25, 0.3) is 0 Å². The topological polar surface area (TPSA) is 55.1 Å². The molecule has 16 heavy (non-hydrogen) atoms. The highest BCUT2D eigenvalue weighted by atomic mass is 32.2. The standard InChI is InChI=1S/C12H18N2OS/c1-9(7-8-13)12(15)14-10-5-3-4-6-11(10)16-2/h3-6,9H,7-8,13H2,1-2H3,(H,14,15). The maximum absolute atomic E-state index is 11.8. The third-order valence-electron chi connectivity index (χ3n) is 2.41. The number of nitrogens with one attached hydrogen (secondary N) is 1. The zero-order valence-electron chi connectivity index (χ0n) is 9.69. The van der Waals surface area contributed by atoms with E-state index in [-0.39, 0.29) is 11.8 Å². The van der Waals surface area contributed by atoms with Gasteiger partial charge in [-0.2, -0.15) is 0 Å². The summed E-state index contributed by atoms with van der Waals surface area (Å²) in [7, 11) is 0. The van der Waals surface area contributed by atoms with E-state index in [1.54, 1.807) is 11.8 Å². The van der Waals surface area contributed by atoms with Gasteiger partial charge in [-0.1, -0.05) is 19.1 Å². The highest BCUT2D eigenvalue weighted by Crippen LogP contribution is 2.25. The largest absolute Gasteiger partial charge is 0.330 e. The van der Waals surface area contributed by atoms with Gasteiger partial charge in [0.2, 0.25) is 5.91 Å². The number of hydrogen-bond acceptors (Lipinski definition) is 3. The molecule has 0 spiro atoms. The number of hydrogen-bond donors (Lipinski definition) is 2. The minimum atomic E-state index is -0.0417. The Morgan fingerprint density at radius 3 is 2.81 bits per heavy atom. The average Bonchev–Trinajstić information content (AvgIpc) is 2.30. The third-order valence-corrected chi connectivity index (χ3v) is 3.21.